The predicted octanol–water partition coefficient (Wildman–Crippen LogP) is 3.85. The van der Waals surface area contributed by atoms with E-state index in [2.05, 4.69) is 25.1 Å². The number of carbonyl (C=O) groups excluding carboxylic acids is 1. The molecule has 0 unspecified atom stereocenters. The lowest BCUT2D eigenvalue weighted by molar-refractivity contribution is -0.185. The van der Waals surface area contributed by atoms with Crippen LogP contribution in [0.1, 0.15) is 56.1 Å². The first-order valence-corrected chi connectivity index (χ1v) is 8.49. The van der Waals surface area contributed by atoms with Gasteiger partial charge >= 0.3 is 5.97 Å². The van der Waals surface area contributed by atoms with Crippen molar-refractivity contribution in [3.8, 4) is 5.75 Å². The van der Waals surface area contributed by atoms with E-state index < -0.39 is 0 Å². The van der Waals surface area contributed by atoms with Gasteiger partial charge in [-0.1, -0.05) is 6.07 Å². The lowest BCUT2D eigenvalue weighted by Gasteiger charge is -2.53. The van der Waals surface area contributed by atoms with Crippen molar-refractivity contribution >= 4 is 5.97 Å². The molecule has 0 aromatic heterocycles. The number of ether oxygens (including phenoxy) is 2. The maximum Gasteiger partial charge on any atom is 0.306 e. The molecule has 1 saturated heterocycles. The highest BCUT2D eigenvalue weighted by Crippen LogP contribution is 2.55. The van der Waals surface area contributed by atoms with E-state index >= 15 is 0 Å². The minimum Gasteiger partial charge on any atom is -0.497 e. The minimum atomic E-state index is -0.222. The number of rotatable bonds is 1. The van der Waals surface area contributed by atoms with E-state index in [0.29, 0.717) is 24.2 Å². The van der Waals surface area contributed by atoms with Crippen LogP contribution in [0.2, 0.25) is 0 Å². The fraction of sp³-hybridized carbons (Fsp3) is 0.632. The number of carbonyl (C=O) groups is 1. The van der Waals surface area contributed by atoms with Gasteiger partial charge in [-0.05, 0) is 74.1 Å². The number of hydrogen-bond acceptors (Lipinski definition) is 3. The van der Waals surface area contributed by atoms with Crippen molar-refractivity contribution in [2.75, 3.05) is 7.11 Å². The van der Waals surface area contributed by atoms with Crippen molar-refractivity contribution in [2.24, 2.45) is 11.8 Å². The molecule has 0 bridgehead atoms. The van der Waals surface area contributed by atoms with Crippen molar-refractivity contribution in [3.63, 3.8) is 0 Å². The zero-order valence-corrected chi connectivity index (χ0v) is 13.4. The molecule has 22 heavy (non-hydrogen) atoms. The second-order valence-electron chi connectivity index (χ2n) is 7.34. The topological polar surface area (TPSA) is 35.5 Å². The molecule has 0 amide bonds. The van der Waals surface area contributed by atoms with Gasteiger partial charge < -0.3 is 9.47 Å². The van der Waals surface area contributed by atoms with Crippen LogP contribution in [0, 0.1) is 11.8 Å². The first-order valence-electron chi connectivity index (χ1n) is 8.49. The Kier molecular flexibility index (Phi) is 3.21. The highest BCUT2D eigenvalue weighted by atomic mass is 16.6. The van der Waals surface area contributed by atoms with Crippen molar-refractivity contribution in [1.82, 2.24) is 0 Å². The molecule has 0 N–H and O–H groups in total. The predicted molar refractivity (Wildman–Crippen MR) is 84.0 cm³/mol. The molecule has 3 aliphatic rings. The molecule has 1 saturated carbocycles. The van der Waals surface area contributed by atoms with Gasteiger partial charge in [0.1, 0.15) is 11.4 Å². The summed E-state index contributed by atoms with van der Waals surface area (Å²) in [5.74, 6) is 2.78. The first kappa shape index (κ1) is 14.1. The Morgan fingerprint density at radius 1 is 1.23 bits per heavy atom. The molecule has 1 aromatic carbocycles. The molecule has 118 valence electrons. The van der Waals surface area contributed by atoms with Crippen LogP contribution in [0.3, 0.4) is 0 Å². The van der Waals surface area contributed by atoms with E-state index in [9.17, 15) is 4.79 Å². The Morgan fingerprint density at radius 3 is 2.91 bits per heavy atom. The molecule has 3 heteroatoms. The van der Waals surface area contributed by atoms with Crippen molar-refractivity contribution < 1.29 is 14.3 Å². The molecule has 1 heterocycles. The average Bonchev–Trinajstić information content (AvgIpc) is 2.52. The molecule has 1 aliphatic heterocycles. The van der Waals surface area contributed by atoms with Gasteiger partial charge in [-0.15, -0.1) is 0 Å². The summed E-state index contributed by atoms with van der Waals surface area (Å²) in [6, 6.07) is 6.57. The van der Waals surface area contributed by atoms with Gasteiger partial charge in [0.05, 0.1) is 7.11 Å². The van der Waals surface area contributed by atoms with Crippen LogP contribution in [0.15, 0.2) is 18.2 Å². The van der Waals surface area contributed by atoms with E-state index in [1.807, 2.05) is 0 Å². The van der Waals surface area contributed by atoms with Gasteiger partial charge in [0, 0.05) is 12.3 Å². The number of esters is 1. The normalized spacial score (nSPS) is 36.6. The number of benzene rings is 1. The van der Waals surface area contributed by atoms with Crippen molar-refractivity contribution in [1.29, 1.82) is 0 Å². The second-order valence-corrected chi connectivity index (χ2v) is 7.34. The van der Waals surface area contributed by atoms with Crippen LogP contribution >= 0.6 is 0 Å². The monoisotopic (exact) mass is 300 g/mol. The van der Waals surface area contributed by atoms with Gasteiger partial charge in [-0.3, -0.25) is 4.79 Å². The molecule has 4 rings (SSSR count). The molecule has 2 fully saturated rings. The van der Waals surface area contributed by atoms with E-state index in [-0.39, 0.29) is 11.6 Å². The van der Waals surface area contributed by atoms with Crippen LogP contribution in [-0.2, 0) is 16.0 Å². The van der Waals surface area contributed by atoms with Crippen molar-refractivity contribution in [2.45, 2.75) is 57.0 Å². The fourth-order valence-electron chi connectivity index (χ4n) is 5.20. The summed E-state index contributed by atoms with van der Waals surface area (Å²) in [4.78, 5) is 11.7. The Labute approximate surface area is 132 Å². The van der Waals surface area contributed by atoms with Gasteiger partial charge in [-0.25, -0.2) is 0 Å². The quantitative estimate of drug-likeness (QED) is 0.739. The third kappa shape index (κ3) is 2.05. The summed E-state index contributed by atoms with van der Waals surface area (Å²) in [6.45, 7) is 2.16. The lowest BCUT2D eigenvalue weighted by atomic mass is 9.57. The molecule has 0 radical (unpaired) electrons. The zero-order chi connectivity index (χ0) is 15.3. The second kappa shape index (κ2) is 5.00. The smallest absolute Gasteiger partial charge is 0.306 e. The van der Waals surface area contributed by atoms with Gasteiger partial charge in [0.25, 0.3) is 0 Å². The Balaban J connectivity index is 1.66. The van der Waals surface area contributed by atoms with E-state index in [1.54, 1.807) is 7.11 Å². The summed E-state index contributed by atoms with van der Waals surface area (Å²) >= 11 is 0. The van der Waals surface area contributed by atoms with Crippen LogP contribution in [0.4, 0.5) is 0 Å². The van der Waals surface area contributed by atoms with Crippen LogP contribution in [-0.4, -0.2) is 18.7 Å². The van der Waals surface area contributed by atoms with E-state index in [1.165, 1.54) is 17.5 Å². The van der Waals surface area contributed by atoms with E-state index in [0.717, 1.165) is 31.4 Å². The Morgan fingerprint density at radius 2 is 2.09 bits per heavy atom. The van der Waals surface area contributed by atoms with Gasteiger partial charge in [0.2, 0.25) is 0 Å². The molecule has 2 aliphatic carbocycles. The summed E-state index contributed by atoms with van der Waals surface area (Å²) in [6.07, 6.45) is 6.05. The number of methoxy groups -OCH3 is 1. The average molecular weight is 300 g/mol. The largest absolute Gasteiger partial charge is 0.497 e. The van der Waals surface area contributed by atoms with Gasteiger partial charge in [0.15, 0.2) is 0 Å². The van der Waals surface area contributed by atoms with Crippen LogP contribution in [0.25, 0.3) is 0 Å². The lowest BCUT2D eigenvalue weighted by Crippen LogP contribution is -2.52. The SMILES string of the molecule is COc1ccc2c(c1)CC[C@H]1[C@H]2CC[C@]2(C)OC(=O)CC[C@@H]12. The molecule has 1 aromatic rings. The molecule has 4 atom stereocenters. The zero-order valence-electron chi connectivity index (χ0n) is 13.4. The standard InChI is InChI=1S/C19H24O3/c1-19-10-9-15-14-6-4-13(21-2)11-12(14)3-5-16(15)17(19)7-8-18(20)22-19/h4,6,11,15-17H,3,5,7-10H2,1-2H3/t15-,16-,17-,19-/m0/s1. The highest BCUT2D eigenvalue weighted by molar-refractivity contribution is 5.71. The number of hydrogen-bond donors (Lipinski definition) is 0. The Hall–Kier alpha value is -1.51. The summed E-state index contributed by atoms with van der Waals surface area (Å²) in [5, 5.41) is 0. The fourth-order valence-corrected chi connectivity index (χ4v) is 5.20. The molecule has 0 spiro atoms. The molecular formula is C19H24O3. The first-order chi connectivity index (χ1) is 10.6. The van der Waals surface area contributed by atoms with Crippen LogP contribution in [0.5, 0.6) is 5.75 Å². The summed E-state index contributed by atoms with van der Waals surface area (Å²) in [5.41, 5.74) is 2.74. The highest BCUT2D eigenvalue weighted by Gasteiger charge is 2.52. The molecule has 3 nitrogen and oxygen atoms in total. The molecular weight excluding hydrogens is 276 g/mol. The maximum absolute atomic E-state index is 11.7. The van der Waals surface area contributed by atoms with Crippen LogP contribution < -0.4 is 4.74 Å². The van der Waals surface area contributed by atoms with Gasteiger partial charge in [-0.2, -0.15) is 0 Å². The third-order valence-corrected chi connectivity index (χ3v) is 6.27. The summed E-state index contributed by atoms with van der Waals surface area (Å²) < 4.78 is 11.2. The van der Waals surface area contributed by atoms with Crippen molar-refractivity contribution in [3.05, 3.63) is 29.3 Å². The summed E-state index contributed by atoms with van der Waals surface area (Å²) in [7, 11) is 1.73. The number of fused-ring (bicyclic) bond motifs is 5. The minimum absolute atomic E-state index is 0.00172. The van der Waals surface area contributed by atoms with E-state index in [4.69, 9.17) is 9.47 Å². The third-order valence-electron chi connectivity index (χ3n) is 6.27. The Bertz CT molecular complexity index is 609. The number of aryl methyl sites for hydroxylation is 1. The maximum atomic E-state index is 11.7.